The lowest BCUT2D eigenvalue weighted by molar-refractivity contribution is 0.180. The fraction of sp³-hybridized carbons (Fsp3) is 1.00. The third-order valence-electron chi connectivity index (χ3n) is 1.99. The Morgan fingerprint density at radius 1 is 1.67 bits per heavy atom. The molecule has 0 saturated carbocycles. The van der Waals surface area contributed by atoms with E-state index in [9.17, 15) is 0 Å². The van der Waals surface area contributed by atoms with Crippen molar-refractivity contribution in [3.05, 3.63) is 0 Å². The van der Waals surface area contributed by atoms with Crippen LogP contribution in [0.5, 0.6) is 0 Å². The average Bonchev–Trinajstić information content (AvgIpc) is 1.88. The van der Waals surface area contributed by atoms with E-state index in [0.717, 1.165) is 19.4 Å². The Balaban J connectivity index is 2.23. The van der Waals surface area contributed by atoms with Crippen molar-refractivity contribution >= 4 is 0 Å². The maximum absolute atomic E-state index is 8.78. The molecule has 1 aliphatic heterocycles. The van der Waals surface area contributed by atoms with Gasteiger partial charge in [0.15, 0.2) is 0 Å². The first-order valence-electron chi connectivity index (χ1n) is 3.67. The molecule has 0 aromatic carbocycles. The summed E-state index contributed by atoms with van der Waals surface area (Å²) >= 11 is 0. The summed E-state index contributed by atoms with van der Waals surface area (Å²) in [6.07, 6.45) is 2.28. The summed E-state index contributed by atoms with van der Waals surface area (Å²) in [5, 5.41) is 12.1. The second-order valence-corrected chi connectivity index (χ2v) is 2.93. The lowest BCUT2D eigenvalue weighted by Crippen LogP contribution is -2.36. The number of rotatable bonds is 1. The Labute approximate surface area is 56.3 Å². The molecule has 2 unspecified atom stereocenters. The molecule has 2 heteroatoms. The molecule has 0 aliphatic carbocycles. The van der Waals surface area contributed by atoms with Gasteiger partial charge in [-0.05, 0) is 32.2 Å². The summed E-state index contributed by atoms with van der Waals surface area (Å²) in [4.78, 5) is 0. The van der Waals surface area contributed by atoms with Crippen molar-refractivity contribution in [1.29, 1.82) is 0 Å². The van der Waals surface area contributed by atoms with Gasteiger partial charge in [0.2, 0.25) is 0 Å². The minimum atomic E-state index is 0.367. The summed E-state index contributed by atoms with van der Waals surface area (Å²) in [6.45, 7) is 3.61. The third-order valence-corrected chi connectivity index (χ3v) is 1.99. The molecule has 54 valence electrons. The van der Waals surface area contributed by atoms with Crippen LogP contribution in [0.25, 0.3) is 0 Å². The monoisotopic (exact) mass is 129 g/mol. The fourth-order valence-corrected chi connectivity index (χ4v) is 1.40. The van der Waals surface area contributed by atoms with Gasteiger partial charge in [-0.15, -0.1) is 0 Å². The van der Waals surface area contributed by atoms with Crippen molar-refractivity contribution in [3.8, 4) is 0 Å². The highest BCUT2D eigenvalue weighted by atomic mass is 16.3. The topological polar surface area (TPSA) is 32.3 Å². The molecular weight excluding hydrogens is 114 g/mol. The second kappa shape index (κ2) is 3.18. The zero-order valence-corrected chi connectivity index (χ0v) is 5.93. The summed E-state index contributed by atoms with van der Waals surface area (Å²) in [7, 11) is 0. The van der Waals surface area contributed by atoms with Gasteiger partial charge in [-0.2, -0.15) is 0 Å². The average molecular weight is 129 g/mol. The molecule has 1 heterocycles. The van der Waals surface area contributed by atoms with Crippen LogP contribution >= 0.6 is 0 Å². The SMILES string of the molecule is CC1CC(CO)CCN1. The fourth-order valence-electron chi connectivity index (χ4n) is 1.40. The first-order valence-corrected chi connectivity index (χ1v) is 3.67. The Kier molecular flexibility index (Phi) is 2.49. The van der Waals surface area contributed by atoms with Crippen molar-refractivity contribution in [3.63, 3.8) is 0 Å². The van der Waals surface area contributed by atoms with Gasteiger partial charge in [-0.25, -0.2) is 0 Å². The van der Waals surface area contributed by atoms with Crippen LogP contribution in [0, 0.1) is 5.92 Å². The van der Waals surface area contributed by atoms with Gasteiger partial charge in [-0.3, -0.25) is 0 Å². The number of hydrogen-bond donors (Lipinski definition) is 2. The quantitative estimate of drug-likeness (QED) is 0.536. The second-order valence-electron chi connectivity index (χ2n) is 2.93. The highest BCUT2D eigenvalue weighted by Crippen LogP contribution is 2.14. The largest absolute Gasteiger partial charge is 0.396 e. The zero-order valence-electron chi connectivity index (χ0n) is 5.93. The van der Waals surface area contributed by atoms with Crippen LogP contribution in [0.3, 0.4) is 0 Å². The summed E-state index contributed by atoms with van der Waals surface area (Å²) < 4.78 is 0. The highest BCUT2D eigenvalue weighted by Gasteiger charge is 2.16. The Morgan fingerprint density at radius 3 is 2.89 bits per heavy atom. The number of nitrogens with one attached hydrogen (secondary N) is 1. The van der Waals surface area contributed by atoms with Crippen molar-refractivity contribution in [2.24, 2.45) is 5.92 Å². The smallest absolute Gasteiger partial charge is 0.0460 e. The van der Waals surface area contributed by atoms with Gasteiger partial charge in [-0.1, -0.05) is 0 Å². The molecule has 1 saturated heterocycles. The van der Waals surface area contributed by atoms with Crippen molar-refractivity contribution in [2.75, 3.05) is 13.2 Å². The lowest BCUT2D eigenvalue weighted by atomic mass is 9.94. The van der Waals surface area contributed by atoms with E-state index in [-0.39, 0.29) is 0 Å². The molecular formula is C7H15NO. The summed E-state index contributed by atoms with van der Waals surface area (Å²) in [5.74, 6) is 0.557. The van der Waals surface area contributed by atoms with Crippen LogP contribution in [0.1, 0.15) is 19.8 Å². The Hall–Kier alpha value is -0.0800. The molecule has 0 spiro atoms. The minimum absolute atomic E-state index is 0.367. The number of piperidine rings is 1. The Morgan fingerprint density at radius 2 is 2.44 bits per heavy atom. The van der Waals surface area contributed by atoms with E-state index in [1.54, 1.807) is 0 Å². The molecule has 1 fully saturated rings. The maximum atomic E-state index is 8.78. The summed E-state index contributed by atoms with van der Waals surface area (Å²) in [5.41, 5.74) is 0. The van der Waals surface area contributed by atoms with Gasteiger partial charge < -0.3 is 10.4 Å². The molecule has 2 N–H and O–H groups in total. The number of hydrogen-bond acceptors (Lipinski definition) is 2. The van der Waals surface area contributed by atoms with Crippen molar-refractivity contribution in [1.82, 2.24) is 5.32 Å². The van der Waals surface area contributed by atoms with Crippen LogP contribution < -0.4 is 5.32 Å². The molecule has 0 amide bonds. The van der Waals surface area contributed by atoms with E-state index in [0.29, 0.717) is 18.6 Å². The molecule has 0 bridgehead atoms. The molecule has 1 aliphatic rings. The standard InChI is InChI=1S/C7H15NO/c1-6-4-7(5-9)2-3-8-6/h6-9H,2-5H2,1H3. The predicted molar refractivity (Wildman–Crippen MR) is 37.3 cm³/mol. The van der Waals surface area contributed by atoms with E-state index >= 15 is 0 Å². The number of aliphatic hydroxyl groups is 1. The van der Waals surface area contributed by atoms with E-state index in [2.05, 4.69) is 12.2 Å². The van der Waals surface area contributed by atoms with Crippen LogP contribution in [-0.2, 0) is 0 Å². The summed E-state index contributed by atoms with van der Waals surface area (Å²) in [6, 6.07) is 0.607. The first kappa shape index (κ1) is 7.03. The van der Waals surface area contributed by atoms with E-state index in [4.69, 9.17) is 5.11 Å². The first-order chi connectivity index (χ1) is 4.33. The molecule has 2 nitrogen and oxygen atoms in total. The molecule has 0 aromatic rings. The van der Waals surface area contributed by atoms with Crippen molar-refractivity contribution < 1.29 is 5.11 Å². The van der Waals surface area contributed by atoms with E-state index in [1.165, 1.54) is 0 Å². The molecule has 0 radical (unpaired) electrons. The highest BCUT2D eigenvalue weighted by molar-refractivity contribution is 4.73. The predicted octanol–water partition coefficient (Wildman–Crippen LogP) is 0.367. The zero-order chi connectivity index (χ0) is 6.69. The Bertz CT molecular complexity index is 85.0. The van der Waals surface area contributed by atoms with E-state index in [1.807, 2.05) is 0 Å². The van der Waals surface area contributed by atoms with Gasteiger partial charge >= 0.3 is 0 Å². The van der Waals surface area contributed by atoms with Gasteiger partial charge in [0.05, 0.1) is 0 Å². The van der Waals surface area contributed by atoms with Gasteiger partial charge in [0.25, 0.3) is 0 Å². The maximum Gasteiger partial charge on any atom is 0.0460 e. The van der Waals surface area contributed by atoms with Gasteiger partial charge in [0.1, 0.15) is 0 Å². The molecule has 9 heavy (non-hydrogen) atoms. The van der Waals surface area contributed by atoms with Crippen LogP contribution in [0.4, 0.5) is 0 Å². The number of aliphatic hydroxyl groups excluding tert-OH is 1. The lowest BCUT2D eigenvalue weighted by Gasteiger charge is -2.26. The van der Waals surface area contributed by atoms with Crippen LogP contribution in [-0.4, -0.2) is 24.3 Å². The minimum Gasteiger partial charge on any atom is -0.396 e. The molecule has 2 atom stereocenters. The molecule has 1 rings (SSSR count). The normalized spacial score (nSPS) is 36.7. The third kappa shape index (κ3) is 1.95. The van der Waals surface area contributed by atoms with Crippen LogP contribution in [0.2, 0.25) is 0 Å². The van der Waals surface area contributed by atoms with Gasteiger partial charge in [0, 0.05) is 12.6 Å². The van der Waals surface area contributed by atoms with Crippen LogP contribution in [0.15, 0.2) is 0 Å². The van der Waals surface area contributed by atoms with E-state index < -0.39 is 0 Å². The molecule has 0 aromatic heterocycles. The van der Waals surface area contributed by atoms with Crippen molar-refractivity contribution in [2.45, 2.75) is 25.8 Å².